The summed E-state index contributed by atoms with van der Waals surface area (Å²) in [7, 11) is 0. The van der Waals surface area contributed by atoms with Crippen LogP contribution in [0.4, 0.5) is 0 Å². The third-order valence-corrected chi connectivity index (χ3v) is 4.69. The molecule has 0 saturated carbocycles. The third-order valence-electron chi connectivity index (χ3n) is 4.69. The lowest BCUT2D eigenvalue weighted by Gasteiger charge is -2.16. The van der Waals surface area contributed by atoms with Crippen molar-refractivity contribution in [1.82, 2.24) is 20.1 Å². The maximum atomic E-state index is 5.95. The normalized spacial score (nSPS) is 14.8. The van der Waals surface area contributed by atoms with Crippen molar-refractivity contribution < 1.29 is 4.74 Å². The Bertz CT molecular complexity index is 887. The number of nitrogens with zero attached hydrogens (tertiary/aromatic N) is 3. The Labute approximate surface area is 154 Å². The van der Waals surface area contributed by atoms with Crippen LogP contribution in [-0.2, 0) is 26.1 Å². The minimum absolute atomic E-state index is 0.0886. The van der Waals surface area contributed by atoms with E-state index >= 15 is 0 Å². The highest BCUT2D eigenvalue weighted by Crippen LogP contribution is 2.35. The number of hydrogen-bond acceptors (Lipinski definition) is 4. The SMILES string of the molecule is CC1(C)Cc2cc(CNCc3ccccc3Cn3cncn3)ccc2O1. The smallest absolute Gasteiger partial charge is 0.137 e. The van der Waals surface area contributed by atoms with Gasteiger partial charge in [-0.15, -0.1) is 0 Å². The molecule has 0 fully saturated rings. The summed E-state index contributed by atoms with van der Waals surface area (Å²) < 4.78 is 7.80. The van der Waals surface area contributed by atoms with Crippen molar-refractivity contribution in [3.63, 3.8) is 0 Å². The standard InChI is InChI=1S/C21H24N4O/c1-21(2)10-19-9-16(7-8-20(19)26-21)11-22-12-17-5-3-4-6-18(17)13-25-15-23-14-24-25/h3-9,14-15,22H,10-13H2,1-2H3. The van der Waals surface area contributed by atoms with Gasteiger partial charge in [-0.25, -0.2) is 9.67 Å². The van der Waals surface area contributed by atoms with Crippen LogP contribution >= 0.6 is 0 Å². The first-order valence-corrected chi connectivity index (χ1v) is 9.00. The topological polar surface area (TPSA) is 52.0 Å². The van der Waals surface area contributed by atoms with E-state index in [0.717, 1.165) is 31.8 Å². The van der Waals surface area contributed by atoms with Crippen molar-refractivity contribution in [1.29, 1.82) is 0 Å². The number of rotatable bonds is 6. The maximum absolute atomic E-state index is 5.95. The highest BCUT2D eigenvalue weighted by molar-refractivity contribution is 5.41. The molecule has 0 amide bonds. The summed E-state index contributed by atoms with van der Waals surface area (Å²) in [4.78, 5) is 4.01. The molecule has 0 unspecified atom stereocenters. The molecule has 0 radical (unpaired) electrons. The summed E-state index contributed by atoms with van der Waals surface area (Å²) in [5, 5.41) is 7.76. The van der Waals surface area contributed by atoms with Gasteiger partial charge < -0.3 is 10.1 Å². The van der Waals surface area contributed by atoms with Crippen molar-refractivity contribution >= 4 is 0 Å². The van der Waals surface area contributed by atoms with Crippen molar-refractivity contribution in [3.8, 4) is 5.75 Å². The molecule has 26 heavy (non-hydrogen) atoms. The Morgan fingerprint density at radius 3 is 2.77 bits per heavy atom. The Balaban J connectivity index is 1.39. The van der Waals surface area contributed by atoms with E-state index in [1.807, 2.05) is 4.68 Å². The van der Waals surface area contributed by atoms with Gasteiger partial charge >= 0.3 is 0 Å². The number of benzene rings is 2. The second-order valence-electron chi connectivity index (χ2n) is 7.45. The Morgan fingerprint density at radius 2 is 1.96 bits per heavy atom. The molecular weight excluding hydrogens is 324 g/mol. The molecule has 2 heterocycles. The molecule has 5 nitrogen and oxygen atoms in total. The highest BCUT2D eigenvalue weighted by atomic mass is 16.5. The Morgan fingerprint density at radius 1 is 1.12 bits per heavy atom. The van der Waals surface area contributed by atoms with Gasteiger partial charge in [0.15, 0.2) is 0 Å². The zero-order chi connectivity index (χ0) is 18.0. The zero-order valence-electron chi connectivity index (χ0n) is 15.3. The average molecular weight is 348 g/mol. The summed E-state index contributed by atoms with van der Waals surface area (Å²) in [5.74, 6) is 1.02. The molecule has 0 aliphatic carbocycles. The van der Waals surface area contributed by atoms with Gasteiger partial charge in [0.25, 0.3) is 0 Å². The summed E-state index contributed by atoms with van der Waals surface area (Å²) >= 11 is 0. The molecule has 0 saturated heterocycles. The van der Waals surface area contributed by atoms with Crippen LogP contribution in [0.1, 0.15) is 36.1 Å². The van der Waals surface area contributed by atoms with Crippen molar-refractivity contribution in [2.75, 3.05) is 0 Å². The first-order valence-electron chi connectivity index (χ1n) is 9.00. The highest BCUT2D eigenvalue weighted by Gasteiger charge is 2.29. The zero-order valence-corrected chi connectivity index (χ0v) is 15.3. The molecule has 0 spiro atoms. The van der Waals surface area contributed by atoms with Gasteiger partial charge in [-0.05, 0) is 42.2 Å². The molecule has 4 rings (SSSR count). The predicted molar refractivity (Wildman–Crippen MR) is 101 cm³/mol. The van der Waals surface area contributed by atoms with Gasteiger partial charge in [0, 0.05) is 19.5 Å². The van der Waals surface area contributed by atoms with E-state index in [2.05, 4.69) is 71.7 Å². The third kappa shape index (κ3) is 3.78. The van der Waals surface area contributed by atoms with Crippen LogP contribution in [0.5, 0.6) is 5.75 Å². The van der Waals surface area contributed by atoms with Gasteiger partial charge in [0.2, 0.25) is 0 Å². The van der Waals surface area contributed by atoms with Crippen LogP contribution < -0.4 is 10.1 Å². The predicted octanol–water partition coefficient (Wildman–Crippen LogP) is 3.33. The van der Waals surface area contributed by atoms with Crippen LogP contribution in [0.3, 0.4) is 0 Å². The fourth-order valence-corrected chi connectivity index (χ4v) is 3.49. The fraction of sp³-hybridized carbons (Fsp3) is 0.333. The second-order valence-corrected chi connectivity index (χ2v) is 7.45. The number of hydrogen-bond donors (Lipinski definition) is 1. The quantitative estimate of drug-likeness (QED) is 0.742. The molecule has 3 aromatic rings. The molecule has 2 aromatic carbocycles. The van der Waals surface area contributed by atoms with Crippen LogP contribution in [0.15, 0.2) is 55.1 Å². The molecule has 1 aliphatic rings. The van der Waals surface area contributed by atoms with E-state index < -0.39 is 0 Å². The lowest BCUT2D eigenvalue weighted by molar-refractivity contribution is 0.138. The van der Waals surface area contributed by atoms with E-state index in [1.54, 1.807) is 12.7 Å². The van der Waals surface area contributed by atoms with Gasteiger partial charge in [-0.1, -0.05) is 36.4 Å². The fourth-order valence-electron chi connectivity index (χ4n) is 3.49. The molecule has 1 aliphatic heterocycles. The van der Waals surface area contributed by atoms with E-state index in [4.69, 9.17) is 4.74 Å². The largest absolute Gasteiger partial charge is 0.487 e. The number of ether oxygens (including phenoxy) is 1. The number of aromatic nitrogens is 3. The van der Waals surface area contributed by atoms with Crippen molar-refractivity contribution in [2.24, 2.45) is 0 Å². The van der Waals surface area contributed by atoms with Crippen molar-refractivity contribution in [3.05, 3.63) is 77.4 Å². The van der Waals surface area contributed by atoms with Gasteiger partial charge in [-0.3, -0.25) is 0 Å². The van der Waals surface area contributed by atoms with Gasteiger partial charge in [-0.2, -0.15) is 5.10 Å². The average Bonchev–Trinajstić information content (AvgIpc) is 3.21. The summed E-state index contributed by atoms with van der Waals surface area (Å²) in [6, 6.07) is 15.0. The molecule has 0 atom stereocenters. The van der Waals surface area contributed by atoms with Gasteiger partial charge in [0.1, 0.15) is 24.0 Å². The van der Waals surface area contributed by atoms with Crippen molar-refractivity contribution in [2.45, 2.75) is 45.5 Å². The minimum Gasteiger partial charge on any atom is -0.487 e. The summed E-state index contributed by atoms with van der Waals surface area (Å²) in [5.41, 5.74) is 5.05. The molecule has 1 N–H and O–H groups in total. The second kappa shape index (κ2) is 6.92. The first-order chi connectivity index (χ1) is 12.6. The van der Waals surface area contributed by atoms with E-state index in [-0.39, 0.29) is 5.60 Å². The monoisotopic (exact) mass is 348 g/mol. The number of nitrogens with one attached hydrogen (secondary N) is 1. The molecule has 5 heteroatoms. The molecule has 134 valence electrons. The van der Waals surface area contributed by atoms with E-state index in [0.29, 0.717) is 0 Å². The number of fused-ring (bicyclic) bond motifs is 1. The van der Waals surface area contributed by atoms with E-state index in [9.17, 15) is 0 Å². The lowest BCUT2D eigenvalue weighted by atomic mass is 10.00. The van der Waals surface area contributed by atoms with E-state index in [1.165, 1.54) is 22.3 Å². The molecule has 1 aromatic heterocycles. The maximum Gasteiger partial charge on any atom is 0.137 e. The Kier molecular flexibility index (Phi) is 4.47. The Hall–Kier alpha value is -2.66. The molecular formula is C21H24N4O. The van der Waals surface area contributed by atoms with Crippen LogP contribution in [0.2, 0.25) is 0 Å². The summed E-state index contributed by atoms with van der Waals surface area (Å²) in [6.45, 7) is 6.67. The lowest BCUT2D eigenvalue weighted by Crippen LogP contribution is -2.24. The summed E-state index contributed by atoms with van der Waals surface area (Å²) in [6.07, 6.45) is 4.29. The molecule has 0 bridgehead atoms. The van der Waals surface area contributed by atoms with Crippen LogP contribution in [-0.4, -0.2) is 20.4 Å². The first kappa shape index (κ1) is 16.8. The van der Waals surface area contributed by atoms with Gasteiger partial charge in [0.05, 0.1) is 6.54 Å². The van der Waals surface area contributed by atoms with Crippen LogP contribution in [0.25, 0.3) is 0 Å². The minimum atomic E-state index is -0.0886. The van der Waals surface area contributed by atoms with Crippen LogP contribution in [0, 0.1) is 0 Å².